The quantitative estimate of drug-likeness (QED) is 0.451. The van der Waals surface area contributed by atoms with E-state index in [2.05, 4.69) is 4.98 Å². The second kappa shape index (κ2) is 4.51. The molecule has 0 saturated carbocycles. The Labute approximate surface area is 104 Å². The summed E-state index contributed by atoms with van der Waals surface area (Å²) in [5, 5.41) is -0.0179. The third-order valence-corrected chi connectivity index (χ3v) is 4.47. The molecular formula is C10H11Cl2NO2S. The number of hydrogen-bond acceptors (Lipinski definition) is 3. The highest BCUT2D eigenvalue weighted by Crippen LogP contribution is 2.28. The Morgan fingerprint density at radius 3 is 2.56 bits per heavy atom. The highest BCUT2D eigenvalue weighted by molar-refractivity contribution is 8.13. The molecule has 3 nitrogen and oxygen atoms in total. The van der Waals surface area contributed by atoms with E-state index in [1.165, 1.54) is 0 Å². The maximum Gasteiger partial charge on any atom is 0.264 e. The van der Waals surface area contributed by atoms with Crippen LogP contribution in [0.15, 0.2) is 11.0 Å². The van der Waals surface area contributed by atoms with Gasteiger partial charge in [-0.2, -0.15) is 0 Å². The lowest BCUT2D eigenvalue weighted by Gasteiger charge is -2.07. The highest BCUT2D eigenvalue weighted by Gasteiger charge is 2.20. The van der Waals surface area contributed by atoms with E-state index in [9.17, 15) is 8.42 Å². The summed E-state index contributed by atoms with van der Waals surface area (Å²) < 4.78 is 22.5. The summed E-state index contributed by atoms with van der Waals surface area (Å²) >= 11 is 5.82. The number of pyridine rings is 1. The van der Waals surface area contributed by atoms with Gasteiger partial charge in [0.05, 0.1) is 0 Å². The molecule has 1 aromatic heterocycles. The molecule has 1 heterocycles. The summed E-state index contributed by atoms with van der Waals surface area (Å²) in [4.78, 5) is 4.07. The zero-order valence-electron chi connectivity index (χ0n) is 8.54. The van der Waals surface area contributed by atoms with Crippen molar-refractivity contribution in [3.05, 3.63) is 22.5 Å². The Balaban J connectivity index is 2.56. The number of aryl methyl sites for hydroxylation is 2. The first-order valence-corrected chi connectivity index (χ1v) is 7.80. The molecule has 0 aromatic carbocycles. The normalized spacial score (nSPS) is 16.6. The summed E-state index contributed by atoms with van der Waals surface area (Å²) in [5.41, 5.74) is 1.87. The summed E-state index contributed by atoms with van der Waals surface area (Å²) in [7, 11) is 1.49. The molecule has 1 aliphatic rings. The predicted octanol–water partition coefficient (Wildman–Crippen LogP) is 2.93. The van der Waals surface area contributed by atoms with Crippen LogP contribution < -0.4 is 0 Å². The van der Waals surface area contributed by atoms with Crippen molar-refractivity contribution in [2.75, 3.05) is 0 Å². The maximum atomic E-state index is 11.3. The van der Waals surface area contributed by atoms with Crippen LogP contribution in [0.4, 0.5) is 0 Å². The van der Waals surface area contributed by atoms with Crippen LogP contribution in [0.2, 0.25) is 5.15 Å². The van der Waals surface area contributed by atoms with Gasteiger partial charge >= 0.3 is 0 Å². The lowest BCUT2D eigenvalue weighted by Crippen LogP contribution is -2.02. The van der Waals surface area contributed by atoms with Crippen LogP contribution in [-0.4, -0.2) is 13.4 Å². The summed E-state index contributed by atoms with van der Waals surface area (Å²) in [6, 6.07) is 1.57. The van der Waals surface area contributed by atoms with Crippen molar-refractivity contribution in [3.8, 4) is 0 Å². The molecule has 0 atom stereocenters. The third kappa shape index (κ3) is 2.50. The molecule has 88 valence electrons. The lowest BCUT2D eigenvalue weighted by molar-refractivity contribution is 0.609. The van der Waals surface area contributed by atoms with Crippen molar-refractivity contribution in [1.29, 1.82) is 0 Å². The van der Waals surface area contributed by atoms with Crippen LogP contribution in [0.5, 0.6) is 0 Å². The molecule has 0 saturated heterocycles. The first-order valence-electron chi connectivity index (χ1n) is 5.11. The van der Waals surface area contributed by atoms with E-state index >= 15 is 0 Å². The Morgan fingerprint density at radius 2 is 1.88 bits per heavy atom. The zero-order chi connectivity index (χ0) is 11.8. The van der Waals surface area contributed by atoms with Crippen LogP contribution in [-0.2, 0) is 21.9 Å². The lowest BCUT2D eigenvalue weighted by atomic mass is 10.1. The highest BCUT2D eigenvalue weighted by atomic mass is 35.7. The van der Waals surface area contributed by atoms with Gasteiger partial charge in [-0.05, 0) is 37.3 Å². The SMILES string of the molecule is O=S(=O)(Cl)c1cc2c(nc1Cl)CCCCC2. The Kier molecular flexibility index (Phi) is 3.42. The number of rotatable bonds is 1. The molecule has 0 radical (unpaired) electrons. The van der Waals surface area contributed by atoms with Crippen LogP contribution in [0, 0.1) is 0 Å². The molecule has 0 bridgehead atoms. The molecule has 6 heteroatoms. The molecule has 1 aliphatic carbocycles. The largest absolute Gasteiger partial charge is 0.264 e. The van der Waals surface area contributed by atoms with Gasteiger partial charge in [0.25, 0.3) is 9.05 Å². The number of nitrogens with zero attached hydrogens (tertiary/aromatic N) is 1. The minimum absolute atomic E-state index is 0.0179. The van der Waals surface area contributed by atoms with Gasteiger partial charge in [0.2, 0.25) is 0 Å². The molecule has 0 fully saturated rings. The molecule has 2 rings (SSSR count). The third-order valence-electron chi connectivity index (χ3n) is 2.73. The Morgan fingerprint density at radius 1 is 1.19 bits per heavy atom. The number of fused-ring (bicyclic) bond motifs is 1. The fourth-order valence-corrected chi connectivity index (χ4v) is 3.40. The smallest absolute Gasteiger partial charge is 0.239 e. The van der Waals surface area contributed by atoms with Crippen molar-refractivity contribution < 1.29 is 8.42 Å². The van der Waals surface area contributed by atoms with Crippen molar-refractivity contribution in [1.82, 2.24) is 4.98 Å². The average molecular weight is 280 g/mol. The van der Waals surface area contributed by atoms with Gasteiger partial charge in [-0.25, -0.2) is 13.4 Å². The molecule has 0 amide bonds. The second-order valence-electron chi connectivity index (χ2n) is 3.88. The van der Waals surface area contributed by atoms with Crippen molar-refractivity contribution in [2.45, 2.75) is 37.0 Å². The predicted molar refractivity (Wildman–Crippen MR) is 63.5 cm³/mol. The van der Waals surface area contributed by atoms with E-state index < -0.39 is 9.05 Å². The van der Waals surface area contributed by atoms with Crippen molar-refractivity contribution in [2.24, 2.45) is 0 Å². The Bertz CT molecular complexity index is 514. The van der Waals surface area contributed by atoms with Gasteiger partial charge in [-0.1, -0.05) is 18.0 Å². The number of aromatic nitrogens is 1. The molecule has 1 aromatic rings. The van der Waals surface area contributed by atoms with E-state index in [4.69, 9.17) is 22.3 Å². The Hall–Kier alpha value is -0.320. The number of halogens is 2. The van der Waals surface area contributed by atoms with Crippen LogP contribution in [0.1, 0.15) is 30.5 Å². The zero-order valence-corrected chi connectivity index (χ0v) is 10.9. The van der Waals surface area contributed by atoms with Gasteiger partial charge < -0.3 is 0 Å². The van der Waals surface area contributed by atoms with Crippen molar-refractivity contribution in [3.63, 3.8) is 0 Å². The van der Waals surface area contributed by atoms with Crippen LogP contribution in [0.25, 0.3) is 0 Å². The second-order valence-corrected chi connectivity index (χ2v) is 6.77. The van der Waals surface area contributed by atoms with E-state index in [0.717, 1.165) is 43.4 Å². The van der Waals surface area contributed by atoms with Crippen LogP contribution in [0.3, 0.4) is 0 Å². The van der Waals surface area contributed by atoms with E-state index in [1.54, 1.807) is 6.07 Å². The first-order chi connectivity index (χ1) is 7.48. The molecule has 0 N–H and O–H groups in total. The van der Waals surface area contributed by atoms with E-state index in [0.29, 0.717) is 0 Å². The van der Waals surface area contributed by atoms with Crippen LogP contribution >= 0.6 is 22.3 Å². The summed E-state index contributed by atoms with van der Waals surface area (Å²) in [6.45, 7) is 0. The molecule has 0 unspecified atom stereocenters. The van der Waals surface area contributed by atoms with E-state index in [1.807, 2.05) is 0 Å². The molecule has 16 heavy (non-hydrogen) atoms. The average Bonchev–Trinajstić information content (AvgIpc) is 2.39. The maximum absolute atomic E-state index is 11.3. The van der Waals surface area contributed by atoms with Gasteiger partial charge in [-0.15, -0.1) is 0 Å². The fourth-order valence-electron chi connectivity index (χ4n) is 1.94. The monoisotopic (exact) mass is 279 g/mol. The summed E-state index contributed by atoms with van der Waals surface area (Å²) in [6.07, 6.45) is 4.97. The minimum atomic E-state index is -3.80. The molecule has 0 spiro atoms. The molecule has 0 aliphatic heterocycles. The standard InChI is InChI=1S/C10H11Cl2NO2S/c11-10-9(16(12,14)15)6-7-4-2-1-3-5-8(7)13-10/h6H,1-5H2. The fraction of sp³-hybridized carbons (Fsp3) is 0.500. The first kappa shape index (κ1) is 12.1. The molecular weight excluding hydrogens is 269 g/mol. The van der Waals surface area contributed by atoms with E-state index in [-0.39, 0.29) is 10.0 Å². The van der Waals surface area contributed by atoms with Crippen molar-refractivity contribution >= 4 is 31.3 Å². The van der Waals surface area contributed by atoms with Gasteiger partial charge in [0.15, 0.2) is 0 Å². The topological polar surface area (TPSA) is 47.0 Å². The minimum Gasteiger partial charge on any atom is -0.239 e. The summed E-state index contributed by atoms with van der Waals surface area (Å²) in [5.74, 6) is 0. The van der Waals surface area contributed by atoms with Gasteiger partial charge in [0.1, 0.15) is 10.0 Å². The number of hydrogen-bond donors (Lipinski definition) is 0. The van der Waals surface area contributed by atoms with Gasteiger partial charge in [0, 0.05) is 16.4 Å². The van der Waals surface area contributed by atoms with Gasteiger partial charge in [-0.3, -0.25) is 0 Å².